The molecule has 1 atom stereocenters. The predicted octanol–water partition coefficient (Wildman–Crippen LogP) is 0.0211. The van der Waals surface area contributed by atoms with Crippen molar-refractivity contribution in [3.63, 3.8) is 0 Å². The number of nitrogens with two attached hydrogens (primary N) is 1. The number of hydrogen-bond donors (Lipinski definition) is 2. The Balaban J connectivity index is 2.66. The molecule has 0 saturated carbocycles. The lowest BCUT2D eigenvalue weighted by molar-refractivity contribution is 0.0499. The molecule has 0 aliphatic carbocycles. The van der Waals surface area contributed by atoms with Crippen molar-refractivity contribution in [1.29, 1.82) is 0 Å². The van der Waals surface area contributed by atoms with Gasteiger partial charge < -0.3 is 0 Å². The summed E-state index contributed by atoms with van der Waals surface area (Å²) in [6.45, 7) is 0. The quantitative estimate of drug-likeness (QED) is 0.431. The minimum absolute atomic E-state index is 0.0825. The number of hydrazine groups is 1. The van der Waals surface area contributed by atoms with Gasteiger partial charge >= 0.3 is 5.38 Å². The molecule has 0 fully saturated rings. The fraction of sp³-hybridized carbons (Fsp3) is 0.667. The molecule has 80 valence electrons. The van der Waals surface area contributed by atoms with E-state index >= 15 is 0 Å². The van der Waals surface area contributed by atoms with E-state index in [4.69, 9.17) is 17.4 Å². The van der Waals surface area contributed by atoms with Crippen LogP contribution in [-0.2, 0) is 13.5 Å². The van der Waals surface area contributed by atoms with Gasteiger partial charge in [-0.05, 0) is 11.6 Å². The van der Waals surface area contributed by atoms with Crippen LogP contribution >= 0.6 is 11.6 Å². The summed E-state index contributed by atoms with van der Waals surface area (Å²) in [5.74, 6) is 4.94. The first-order chi connectivity index (χ1) is 6.43. The highest BCUT2D eigenvalue weighted by Gasteiger charge is 2.36. The molecule has 0 aromatic carbocycles. The van der Waals surface area contributed by atoms with Gasteiger partial charge in [0.2, 0.25) is 0 Å². The Morgan fingerprint density at radius 3 is 2.79 bits per heavy atom. The molecule has 0 spiro atoms. The fourth-order valence-electron chi connectivity index (χ4n) is 0.967. The van der Waals surface area contributed by atoms with Crippen LogP contribution in [0, 0.1) is 0 Å². The number of rotatable bonds is 4. The topological polar surface area (TPSA) is 68.8 Å². The van der Waals surface area contributed by atoms with E-state index in [9.17, 15) is 8.78 Å². The monoisotopic (exact) mass is 225 g/mol. The summed E-state index contributed by atoms with van der Waals surface area (Å²) in [4.78, 5) is 0. The Hall–Kier alpha value is -0.790. The van der Waals surface area contributed by atoms with Crippen molar-refractivity contribution in [1.82, 2.24) is 20.4 Å². The van der Waals surface area contributed by atoms with Crippen molar-refractivity contribution in [2.45, 2.75) is 17.8 Å². The van der Waals surface area contributed by atoms with Gasteiger partial charge in [-0.1, -0.05) is 5.21 Å². The zero-order chi connectivity index (χ0) is 10.8. The van der Waals surface area contributed by atoms with Crippen molar-refractivity contribution in [2.24, 2.45) is 12.9 Å². The number of halogens is 3. The van der Waals surface area contributed by atoms with E-state index < -0.39 is 11.4 Å². The van der Waals surface area contributed by atoms with E-state index in [-0.39, 0.29) is 6.42 Å². The van der Waals surface area contributed by atoms with Crippen molar-refractivity contribution >= 4 is 11.6 Å². The zero-order valence-electron chi connectivity index (χ0n) is 7.41. The first-order valence-electron chi connectivity index (χ1n) is 3.81. The Kier molecular flexibility index (Phi) is 3.35. The SMILES string of the molecule is Cn1cc(CC(NN)C(F)(F)Cl)nn1. The molecule has 5 nitrogen and oxygen atoms in total. The van der Waals surface area contributed by atoms with Crippen molar-refractivity contribution in [3.05, 3.63) is 11.9 Å². The molecule has 0 radical (unpaired) electrons. The van der Waals surface area contributed by atoms with Gasteiger partial charge in [0.1, 0.15) is 6.04 Å². The molecule has 1 heterocycles. The van der Waals surface area contributed by atoms with Gasteiger partial charge in [0.15, 0.2) is 0 Å². The van der Waals surface area contributed by atoms with E-state index in [1.165, 1.54) is 10.9 Å². The minimum Gasteiger partial charge on any atom is -0.271 e. The fourth-order valence-corrected chi connectivity index (χ4v) is 1.11. The molecule has 1 unspecified atom stereocenters. The molecule has 0 bridgehead atoms. The van der Waals surface area contributed by atoms with Gasteiger partial charge in [0.05, 0.1) is 5.69 Å². The van der Waals surface area contributed by atoms with Crippen LogP contribution in [0.4, 0.5) is 8.78 Å². The van der Waals surface area contributed by atoms with Crippen LogP contribution in [0.5, 0.6) is 0 Å². The van der Waals surface area contributed by atoms with Gasteiger partial charge in [-0.25, -0.2) is 5.43 Å². The van der Waals surface area contributed by atoms with Gasteiger partial charge in [0.25, 0.3) is 0 Å². The van der Waals surface area contributed by atoms with Gasteiger partial charge in [0, 0.05) is 19.7 Å². The number of hydrogen-bond acceptors (Lipinski definition) is 4. The van der Waals surface area contributed by atoms with Gasteiger partial charge in [-0.2, -0.15) is 8.78 Å². The van der Waals surface area contributed by atoms with Crippen molar-refractivity contribution < 1.29 is 8.78 Å². The van der Waals surface area contributed by atoms with Crippen LogP contribution in [0.3, 0.4) is 0 Å². The summed E-state index contributed by atoms with van der Waals surface area (Å²) in [6, 6.07) is -1.36. The molecule has 1 aromatic rings. The lowest BCUT2D eigenvalue weighted by Crippen LogP contribution is -2.47. The molecule has 0 amide bonds. The predicted molar refractivity (Wildman–Crippen MR) is 46.6 cm³/mol. The number of aromatic nitrogens is 3. The molecule has 0 aliphatic rings. The molecule has 1 rings (SSSR count). The minimum atomic E-state index is -3.41. The lowest BCUT2D eigenvalue weighted by Gasteiger charge is -2.19. The molecule has 0 saturated heterocycles. The molecule has 8 heteroatoms. The standard InChI is InChI=1S/C6H10ClF2N5/c1-14-3-4(12-13-14)2-5(11-10)6(7,8)9/h3,5,11H,2,10H2,1H3. The summed E-state index contributed by atoms with van der Waals surface area (Å²) >= 11 is 4.83. The average molecular weight is 226 g/mol. The molecule has 14 heavy (non-hydrogen) atoms. The second kappa shape index (κ2) is 4.16. The van der Waals surface area contributed by atoms with Crippen molar-refractivity contribution in [3.8, 4) is 0 Å². The third-order valence-electron chi connectivity index (χ3n) is 1.66. The molecular formula is C6H10ClF2N5. The van der Waals surface area contributed by atoms with Crippen LogP contribution in [0.25, 0.3) is 0 Å². The van der Waals surface area contributed by atoms with E-state index in [0.29, 0.717) is 5.69 Å². The lowest BCUT2D eigenvalue weighted by atomic mass is 10.2. The maximum atomic E-state index is 12.6. The van der Waals surface area contributed by atoms with Crippen molar-refractivity contribution in [2.75, 3.05) is 0 Å². The summed E-state index contributed by atoms with van der Waals surface area (Å²) in [7, 11) is 1.64. The summed E-state index contributed by atoms with van der Waals surface area (Å²) < 4.78 is 26.7. The van der Waals surface area contributed by atoms with Crippen LogP contribution in [0.1, 0.15) is 5.69 Å². The number of alkyl halides is 3. The molecule has 3 N–H and O–H groups in total. The summed E-state index contributed by atoms with van der Waals surface area (Å²) in [5, 5.41) is 3.83. The van der Waals surface area contributed by atoms with Crippen LogP contribution in [-0.4, -0.2) is 26.4 Å². The largest absolute Gasteiger partial charge is 0.338 e. The normalized spacial score (nSPS) is 14.4. The zero-order valence-corrected chi connectivity index (χ0v) is 8.17. The first-order valence-corrected chi connectivity index (χ1v) is 4.19. The summed E-state index contributed by atoms with van der Waals surface area (Å²) in [5.41, 5.74) is 2.34. The third kappa shape index (κ3) is 2.86. The Morgan fingerprint density at radius 1 is 1.79 bits per heavy atom. The Bertz CT molecular complexity index is 297. The Morgan fingerprint density at radius 2 is 2.43 bits per heavy atom. The van der Waals surface area contributed by atoms with E-state index in [2.05, 4.69) is 10.3 Å². The average Bonchev–Trinajstić information content (AvgIpc) is 2.45. The second-order valence-corrected chi connectivity index (χ2v) is 3.35. The van der Waals surface area contributed by atoms with E-state index in [1.54, 1.807) is 7.05 Å². The number of aryl methyl sites for hydroxylation is 1. The maximum absolute atomic E-state index is 12.6. The Labute approximate surface area is 84.2 Å². The van der Waals surface area contributed by atoms with Crippen LogP contribution in [0.15, 0.2) is 6.20 Å². The van der Waals surface area contributed by atoms with E-state index in [0.717, 1.165) is 0 Å². The number of nitrogens with zero attached hydrogens (tertiary/aromatic N) is 3. The molecule has 1 aromatic heterocycles. The third-order valence-corrected chi connectivity index (χ3v) is 1.92. The molecular weight excluding hydrogens is 216 g/mol. The second-order valence-electron chi connectivity index (χ2n) is 2.85. The molecule has 0 aliphatic heterocycles. The smallest absolute Gasteiger partial charge is 0.271 e. The van der Waals surface area contributed by atoms with E-state index in [1.807, 2.05) is 5.43 Å². The van der Waals surface area contributed by atoms with Gasteiger partial charge in [-0.3, -0.25) is 10.5 Å². The van der Waals surface area contributed by atoms with Crippen LogP contribution < -0.4 is 11.3 Å². The summed E-state index contributed by atoms with van der Waals surface area (Å²) in [6.07, 6.45) is 1.44. The highest BCUT2D eigenvalue weighted by Crippen LogP contribution is 2.24. The first kappa shape index (κ1) is 11.3. The van der Waals surface area contributed by atoms with Crippen LogP contribution in [0.2, 0.25) is 0 Å². The maximum Gasteiger partial charge on any atom is 0.338 e. The highest BCUT2D eigenvalue weighted by molar-refractivity contribution is 6.22. The van der Waals surface area contributed by atoms with Gasteiger partial charge in [-0.15, -0.1) is 5.10 Å². The number of nitrogens with one attached hydrogen (secondary N) is 1. The highest BCUT2D eigenvalue weighted by atomic mass is 35.5.